The minimum atomic E-state index is -1.27. The highest BCUT2D eigenvalue weighted by atomic mass is 16.8. The molecule has 4 rings (SSSR count). The Morgan fingerprint density at radius 1 is 0.885 bits per heavy atom. The van der Waals surface area contributed by atoms with Crippen LogP contribution in [0.4, 0.5) is 0 Å². The van der Waals surface area contributed by atoms with E-state index >= 15 is 0 Å². The number of rotatable bonds is 3. The molecule has 4 nitrogen and oxygen atoms in total. The topological polar surface area (TPSA) is 36.9 Å². The van der Waals surface area contributed by atoms with Crippen molar-refractivity contribution in [3.8, 4) is 24.7 Å². The molecule has 0 amide bonds. The summed E-state index contributed by atoms with van der Waals surface area (Å²) in [4.78, 5) is 0. The van der Waals surface area contributed by atoms with Crippen LogP contribution in [0.25, 0.3) is 0 Å². The van der Waals surface area contributed by atoms with E-state index in [1.54, 1.807) is 0 Å². The molecule has 4 heteroatoms. The molecule has 0 saturated heterocycles. The second-order valence-corrected chi connectivity index (χ2v) is 5.69. The lowest BCUT2D eigenvalue weighted by molar-refractivity contribution is -0.163. The number of terminal acetylenes is 2. The Morgan fingerprint density at radius 2 is 1.58 bits per heavy atom. The first-order chi connectivity index (χ1) is 12.7. The molecule has 0 saturated carbocycles. The lowest BCUT2D eigenvalue weighted by atomic mass is 10.0. The summed E-state index contributed by atoms with van der Waals surface area (Å²) in [5.74, 6) is 4.31. The van der Waals surface area contributed by atoms with Crippen molar-refractivity contribution in [2.24, 2.45) is 0 Å². The normalized spacial score (nSPS) is 19.2. The zero-order valence-corrected chi connectivity index (χ0v) is 13.7. The van der Waals surface area contributed by atoms with Crippen LogP contribution in [0.3, 0.4) is 0 Å². The molecule has 0 N–H and O–H groups in total. The molecule has 0 spiro atoms. The molecule has 2 aromatic carbocycles. The molecule has 0 aromatic heterocycles. The summed E-state index contributed by atoms with van der Waals surface area (Å²) in [5, 5.41) is 0. The second kappa shape index (κ2) is 6.27. The van der Waals surface area contributed by atoms with Gasteiger partial charge >= 0.3 is 5.79 Å². The molecule has 0 radical (unpaired) electrons. The first kappa shape index (κ1) is 15.7. The molecule has 126 valence electrons. The van der Waals surface area contributed by atoms with Crippen molar-refractivity contribution < 1.29 is 18.9 Å². The lowest BCUT2D eigenvalue weighted by Crippen LogP contribution is -2.30. The first-order valence-corrected chi connectivity index (χ1v) is 7.92. The molecule has 2 aliphatic rings. The Hall–Kier alpha value is -3.76. The molecule has 2 heterocycles. The zero-order chi connectivity index (χ0) is 18.0. The van der Waals surface area contributed by atoms with E-state index in [0.29, 0.717) is 16.9 Å². The van der Waals surface area contributed by atoms with Crippen LogP contribution in [0.5, 0.6) is 0 Å². The third-order valence-corrected chi connectivity index (χ3v) is 4.12. The van der Waals surface area contributed by atoms with Gasteiger partial charge in [-0.3, -0.25) is 0 Å². The highest BCUT2D eigenvalue weighted by Gasteiger charge is 2.48. The van der Waals surface area contributed by atoms with E-state index in [9.17, 15) is 0 Å². The minimum Gasteiger partial charge on any atom is -0.454 e. The second-order valence-electron chi connectivity index (χ2n) is 5.69. The van der Waals surface area contributed by atoms with Gasteiger partial charge in [-0.25, -0.2) is 0 Å². The molecule has 1 atom stereocenters. The summed E-state index contributed by atoms with van der Waals surface area (Å²) in [7, 11) is 0. The molecule has 0 bridgehead atoms. The van der Waals surface area contributed by atoms with Crippen LogP contribution in [-0.4, -0.2) is 0 Å². The lowest BCUT2D eigenvalue weighted by Gasteiger charge is -2.28. The predicted octanol–water partition coefficient (Wildman–Crippen LogP) is 3.91. The van der Waals surface area contributed by atoms with E-state index in [1.807, 2.05) is 48.5 Å². The fourth-order valence-corrected chi connectivity index (χ4v) is 2.85. The number of benzene rings is 2. The molecule has 0 fully saturated rings. The Labute approximate surface area is 151 Å². The van der Waals surface area contributed by atoms with Crippen molar-refractivity contribution in [2.45, 2.75) is 12.1 Å². The maximum atomic E-state index is 5.99. The minimum absolute atomic E-state index is 0.382. The van der Waals surface area contributed by atoms with Crippen molar-refractivity contribution >= 4 is 0 Å². The fraction of sp³-hybridized carbons (Fsp3) is 0.0909. The van der Waals surface area contributed by atoms with Gasteiger partial charge in [0.05, 0.1) is 0 Å². The summed E-state index contributed by atoms with van der Waals surface area (Å²) in [6.07, 6.45) is 14.7. The maximum Gasteiger partial charge on any atom is 0.340 e. The van der Waals surface area contributed by atoms with Gasteiger partial charge in [0.15, 0.2) is 0 Å². The molecule has 0 aliphatic carbocycles. The number of hydrogen-bond acceptors (Lipinski definition) is 4. The van der Waals surface area contributed by atoms with Gasteiger partial charge in [-0.05, 0) is 24.3 Å². The molecular weight excluding hydrogens is 328 g/mol. The van der Waals surface area contributed by atoms with Crippen molar-refractivity contribution in [3.63, 3.8) is 0 Å². The highest BCUT2D eigenvalue weighted by molar-refractivity contribution is 5.40. The van der Waals surface area contributed by atoms with Gasteiger partial charge in [0.25, 0.3) is 6.29 Å². The Morgan fingerprint density at radius 3 is 2.31 bits per heavy atom. The van der Waals surface area contributed by atoms with Crippen LogP contribution in [0.1, 0.15) is 28.5 Å². The van der Waals surface area contributed by atoms with Gasteiger partial charge in [0.1, 0.15) is 18.8 Å². The van der Waals surface area contributed by atoms with Crippen LogP contribution >= 0.6 is 0 Å². The summed E-state index contributed by atoms with van der Waals surface area (Å²) in [6.45, 7) is 0. The Bertz CT molecular complexity index is 980. The van der Waals surface area contributed by atoms with Crippen molar-refractivity contribution in [1.29, 1.82) is 0 Å². The summed E-state index contributed by atoms with van der Waals surface area (Å²) >= 11 is 0. The van der Waals surface area contributed by atoms with Crippen molar-refractivity contribution in [2.75, 3.05) is 0 Å². The molecule has 2 aromatic rings. The van der Waals surface area contributed by atoms with Gasteiger partial charge in [-0.1, -0.05) is 36.1 Å². The molecule has 2 aliphatic heterocycles. The van der Waals surface area contributed by atoms with Crippen molar-refractivity contribution in [3.05, 3.63) is 95.3 Å². The van der Waals surface area contributed by atoms with Crippen LogP contribution in [0, 0.1) is 24.7 Å². The van der Waals surface area contributed by atoms with Crippen LogP contribution in [0.2, 0.25) is 0 Å². The number of ether oxygens (including phenoxy) is 4. The van der Waals surface area contributed by atoms with Gasteiger partial charge in [-0.15, -0.1) is 12.8 Å². The Kier molecular flexibility index (Phi) is 3.80. The predicted molar refractivity (Wildman–Crippen MR) is 94.7 cm³/mol. The van der Waals surface area contributed by atoms with Gasteiger partial charge in [0.2, 0.25) is 5.76 Å². The SMILES string of the molecule is C#Cc1cccc(C2OC=C(C3(c4cccc(C#C)c4)OC=CO3)O2)c1. The van der Waals surface area contributed by atoms with E-state index in [0.717, 1.165) is 11.1 Å². The monoisotopic (exact) mass is 342 g/mol. The summed E-state index contributed by atoms with van der Waals surface area (Å²) < 4.78 is 23.2. The molecule has 1 unspecified atom stereocenters. The van der Waals surface area contributed by atoms with Crippen LogP contribution in [0.15, 0.2) is 73.1 Å². The van der Waals surface area contributed by atoms with E-state index in [4.69, 9.17) is 31.8 Å². The van der Waals surface area contributed by atoms with E-state index in [-0.39, 0.29) is 0 Å². The Balaban J connectivity index is 1.65. The largest absolute Gasteiger partial charge is 0.454 e. The van der Waals surface area contributed by atoms with E-state index in [1.165, 1.54) is 18.8 Å². The maximum absolute atomic E-state index is 5.99. The number of hydrogen-bond donors (Lipinski definition) is 0. The van der Waals surface area contributed by atoms with E-state index in [2.05, 4.69) is 11.8 Å². The van der Waals surface area contributed by atoms with Gasteiger partial charge in [0, 0.05) is 22.3 Å². The van der Waals surface area contributed by atoms with Crippen molar-refractivity contribution in [1.82, 2.24) is 0 Å². The summed E-state index contributed by atoms with van der Waals surface area (Å²) in [5.41, 5.74) is 2.95. The first-order valence-electron chi connectivity index (χ1n) is 7.92. The standard InChI is InChI=1S/C22H14O4/c1-3-16-7-5-9-18(13-16)21-23-15-20(26-21)22(24-11-12-25-22)19-10-6-8-17(4-2)14-19/h1-2,5-15,21H. The van der Waals surface area contributed by atoms with Gasteiger partial charge in [-0.2, -0.15) is 0 Å². The zero-order valence-electron chi connectivity index (χ0n) is 13.7. The van der Waals surface area contributed by atoms with Crippen LogP contribution < -0.4 is 0 Å². The third-order valence-electron chi connectivity index (χ3n) is 4.12. The highest BCUT2D eigenvalue weighted by Crippen LogP contribution is 2.44. The fourth-order valence-electron chi connectivity index (χ4n) is 2.85. The van der Waals surface area contributed by atoms with Gasteiger partial charge < -0.3 is 18.9 Å². The smallest absolute Gasteiger partial charge is 0.340 e. The average Bonchev–Trinajstić information content (AvgIpc) is 3.38. The summed E-state index contributed by atoms with van der Waals surface area (Å²) in [6, 6.07) is 14.7. The molecule has 26 heavy (non-hydrogen) atoms. The van der Waals surface area contributed by atoms with Crippen LogP contribution in [-0.2, 0) is 24.7 Å². The van der Waals surface area contributed by atoms with E-state index < -0.39 is 12.1 Å². The third kappa shape index (κ3) is 2.55. The average molecular weight is 342 g/mol. The quantitative estimate of drug-likeness (QED) is 0.793. The molecular formula is C22H14O4.